The molecule has 0 aliphatic rings. The van der Waals surface area contributed by atoms with Gasteiger partial charge in [0.1, 0.15) is 11.6 Å². The molecule has 0 saturated carbocycles. The van der Waals surface area contributed by atoms with Gasteiger partial charge in [-0.2, -0.15) is 5.26 Å². The van der Waals surface area contributed by atoms with Crippen LogP contribution in [0, 0.1) is 11.3 Å². The summed E-state index contributed by atoms with van der Waals surface area (Å²) in [5, 5.41) is 8.56. The van der Waals surface area contributed by atoms with E-state index in [1.807, 2.05) is 6.07 Å². The van der Waals surface area contributed by atoms with E-state index in [2.05, 4.69) is 11.7 Å². The topological polar surface area (TPSA) is 50.1 Å². The van der Waals surface area contributed by atoms with Crippen molar-refractivity contribution in [3.05, 3.63) is 11.6 Å². The number of unbranched alkanes of at least 4 members (excludes halogenated alkanes) is 3. The predicted octanol–water partition coefficient (Wildman–Crippen LogP) is 2.19. The highest BCUT2D eigenvalue weighted by Crippen LogP contribution is 2.04. The summed E-state index contributed by atoms with van der Waals surface area (Å²) in [6.07, 6.45) is 5.68. The van der Waals surface area contributed by atoms with Crippen LogP contribution in [0.25, 0.3) is 0 Å². The number of nitriles is 1. The zero-order chi connectivity index (χ0) is 10.1. The molecule has 0 radical (unpaired) electrons. The molecule has 0 aromatic rings. The second-order valence-corrected chi connectivity index (χ2v) is 2.72. The number of hydrogen-bond acceptors (Lipinski definition) is 3. The molecule has 0 fully saturated rings. The Morgan fingerprint density at radius 3 is 2.69 bits per heavy atom. The lowest BCUT2D eigenvalue weighted by Gasteiger charge is -1.96. The summed E-state index contributed by atoms with van der Waals surface area (Å²) < 4.78 is 4.43. The summed E-state index contributed by atoms with van der Waals surface area (Å²) in [4.78, 5) is 10.9. The molecule has 0 amide bonds. The van der Waals surface area contributed by atoms with Crippen molar-refractivity contribution in [2.75, 3.05) is 7.11 Å². The van der Waals surface area contributed by atoms with E-state index in [1.54, 1.807) is 6.08 Å². The van der Waals surface area contributed by atoms with Gasteiger partial charge in [0, 0.05) is 0 Å². The Hall–Kier alpha value is -1.30. The predicted molar refractivity (Wildman–Crippen MR) is 49.9 cm³/mol. The monoisotopic (exact) mass is 181 g/mol. The van der Waals surface area contributed by atoms with Crippen LogP contribution in [0.1, 0.15) is 32.6 Å². The number of esters is 1. The van der Waals surface area contributed by atoms with E-state index in [0.29, 0.717) is 0 Å². The van der Waals surface area contributed by atoms with Gasteiger partial charge >= 0.3 is 5.97 Å². The number of nitrogens with zero attached hydrogens (tertiary/aromatic N) is 1. The third-order valence-corrected chi connectivity index (χ3v) is 1.68. The lowest BCUT2D eigenvalue weighted by molar-refractivity contribution is -0.135. The Labute approximate surface area is 79.0 Å². The zero-order valence-corrected chi connectivity index (χ0v) is 8.17. The standard InChI is InChI=1S/C10H15NO2/c1-3-4-5-6-7-9(8-11)10(12)13-2/h7H,3-6H2,1-2H3/b9-7+. The van der Waals surface area contributed by atoms with Crippen LogP contribution >= 0.6 is 0 Å². The van der Waals surface area contributed by atoms with Crippen molar-refractivity contribution in [1.82, 2.24) is 0 Å². The highest BCUT2D eigenvalue weighted by molar-refractivity contribution is 5.92. The van der Waals surface area contributed by atoms with Gasteiger partial charge in [-0.1, -0.05) is 25.8 Å². The van der Waals surface area contributed by atoms with Gasteiger partial charge in [-0.3, -0.25) is 0 Å². The van der Waals surface area contributed by atoms with Gasteiger partial charge in [0.2, 0.25) is 0 Å². The summed E-state index contributed by atoms with van der Waals surface area (Å²) in [6, 6.07) is 1.82. The third kappa shape index (κ3) is 5.02. The Bertz CT molecular complexity index is 226. The first-order valence-electron chi connectivity index (χ1n) is 4.44. The van der Waals surface area contributed by atoms with Gasteiger partial charge < -0.3 is 4.74 Å². The fraction of sp³-hybridized carbons (Fsp3) is 0.600. The third-order valence-electron chi connectivity index (χ3n) is 1.68. The minimum Gasteiger partial charge on any atom is -0.465 e. The first-order chi connectivity index (χ1) is 6.26. The van der Waals surface area contributed by atoms with Crippen molar-refractivity contribution in [2.24, 2.45) is 0 Å². The molecule has 3 heteroatoms. The summed E-state index contributed by atoms with van der Waals surface area (Å²) in [6.45, 7) is 2.11. The molecular weight excluding hydrogens is 166 g/mol. The lowest BCUT2D eigenvalue weighted by Crippen LogP contribution is -2.02. The number of methoxy groups -OCH3 is 1. The first kappa shape index (κ1) is 11.7. The molecule has 0 unspecified atom stereocenters. The van der Waals surface area contributed by atoms with Crippen LogP contribution in [0.2, 0.25) is 0 Å². The summed E-state index contributed by atoms with van der Waals surface area (Å²) >= 11 is 0. The molecule has 0 heterocycles. The van der Waals surface area contributed by atoms with E-state index in [9.17, 15) is 4.79 Å². The number of carbonyl (C=O) groups is 1. The van der Waals surface area contributed by atoms with Crippen molar-refractivity contribution in [3.8, 4) is 6.07 Å². The Balaban J connectivity index is 3.95. The van der Waals surface area contributed by atoms with Crippen molar-refractivity contribution < 1.29 is 9.53 Å². The molecule has 0 aliphatic heterocycles. The molecule has 0 aromatic carbocycles. The maximum atomic E-state index is 10.9. The highest BCUT2D eigenvalue weighted by atomic mass is 16.5. The van der Waals surface area contributed by atoms with Crippen LogP contribution in [-0.2, 0) is 9.53 Å². The van der Waals surface area contributed by atoms with Gasteiger partial charge in [0.15, 0.2) is 0 Å². The van der Waals surface area contributed by atoms with Crippen molar-refractivity contribution in [2.45, 2.75) is 32.6 Å². The van der Waals surface area contributed by atoms with Crippen LogP contribution in [-0.4, -0.2) is 13.1 Å². The molecule has 72 valence electrons. The largest absolute Gasteiger partial charge is 0.465 e. The molecule has 0 bridgehead atoms. The smallest absolute Gasteiger partial charge is 0.348 e. The maximum Gasteiger partial charge on any atom is 0.348 e. The van der Waals surface area contributed by atoms with Crippen LogP contribution < -0.4 is 0 Å². The van der Waals surface area contributed by atoms with Crippen LogP contribution in [0.4, 0.5) is 0 Å². The Morgan fingerprint density at radius 2 is 2.23 bits per heavy atom. The summed E-state index contributed by atoms with van der Waals surface area (Å²) in [5.74, 6) is -0.543. The quantitative estimate of drug-likeness (QED) is 0.283. The highest BCUT2D eigenvalue weighted by Gasteiger charge is 2.06. The van der Waals surface area contributed by atoms with Gasteiger partial charge in [-0.15, -0.1) is 0 Å². The lowest BCUT2D eigenvalue weighted by atomic mass is 10.1. The van der Waals surface area contributed by atoms with Gasteiger partial charge in [-0.25, -0.2) is 4.79 Å². The molecule has 0 aliphatic carbocycles. The second-order valence-electron chi connectivity index (χ2n) is 2.72. The van der Waals surface area contributed by atoms with Gasteiger partial charge in [0.25, 0.3) is 0 Å². The van der Waals surface area contributed by atoms with Crippen LogP contribution in [0.3, 0.4) is 0 Å². The van der Waals surface area contributed by atoms with Crippen LogP contribution in [0.15, 0.2) is 11.6 Å². The van der Waals surface area contributed by atoms with E-state index in [4.69, 9.17) is 5.26 Å². The average Bonchev–Trinajstić information content (AvgIpc) is 2.17. The SMILES string of the molecule is CCCCC/C=C(\C#N)C(=O)OC. The van der Waals surface area contributed by atoms with Crippen molar-refractivity contribution >= 4 is 5.97 Å². The van der Waals surface area contributed by atoms with E-state index >= 15 is 0 Å². The van der Waals surface area contributed by atoms with E-state index in [0.717, 1.165) is 25.7 Å². The molecule has 3 nitrogen and oxygen atoms in total. The number of hydrogen-bond donors (Lipinski definition) is 0. The van der Waals surface area contributed by atoms with Crippen molar-refractivity contribution in [1.29, 1.82) is 5.26 Å². The molecule has 0 spiro atoms. The fourth-order valence-electron chi connectivity index (χ4n) is 0.925. The van der Waals surface area contributed by atoms with Crippen LogP contribution in [0.5, 0.6) is 0 Å². The molecule has 0 rings (SSSR count). The van der Waals surface area contributed by atoms with Gasteiger partial charge in [-0.05, 0) is 12.8 Å². The molecule has 0 atom stereocenters. The number of rotatable bonds is 5. The fourth-order valence-corrected chi connectivity index (χ4v) is 0.925. The molecule has 0 N–H and O–H groups in total. The summed E-state index contributed by atoms with van der Waals surface area (Å²) in [5.41, 5.74) is 0.110. The zero-order valence-electron chi connectivity index (χ0n) is 8.17. The minimum atomic E-state index is -0.543. The Kier molecular flexibility index (Phi) is 6.62. The maximum absolute atomic E-state index is 10.9. The normalized spacial score (nSPS) is 10.7. The van der Waals surface area contributed by atoms with E-state index < -0.39 is 5.97 Å². The molecular formula is C10H15NO2. The second kappa shape index (κ2) is 7.35. The summed E-state index contributed by atoms with van der Waals surface area (Å²) in [7, 11) is 1.28. The molecule has 0 saturated heterocycles. The van der Waals surface area contributed by atoms with E-state index in [-0.39, 0.29) is 5.57 Å². The first-order valence-corrected chi connectivity index (χ1v) is 4.44. The average molecular weight is 181 g/mol. The molecule has 13 heavy (non-hydrogen) atoms. The number of carbonyl (C=O) groups excluding carboxylic acids is 1. The number of ether oxygens (including phenoxy) is 1. The van der Waals surface area contributed by atoms with E-state index in [1.165, 1.54) is 7.11 Å². The van der Waals surface area contributed by atoms with Gasteiger partial charge in [0.05, 0.1) is 7.11 Å². The number of allylic oxidation sites excluding steroid dienone is 1. The van der Waals surface area contributed by atoms with Crippen molar-refractivity contribution in [3.63, 3.8) is 0 Å². The Morgan fingerprint density at radius 1 is 1.54 bits per heavy atom. The molecule has 0 aromatic heterocycles. The minimum absolute atomic E-state index is 0.110.